The van der Waals surface area contributed by atoms with E-state index >= 15 is 0 Å². The molecule has 4 rings (SSSR count). The lowest BCUT2D eigenvalue weighted by Gasteiger charge is -2.27. The standard InChI is InChI=1S/C24H29N3O2S/c1-18-8-10-21-23(19(18)2)25-24(30-21)27(13-12-26-14-16-29-17-15-26)22(28)11-9-20-6-4-3-5-7-20/h3-8,10H,9,11-17H2,1-2H3/p+1. The minimum Gasteiger partial charge on any atom is -0.370 e. The molecule has 1 aliphatic heterocycles. The van der Waals surface area contributed by atoms with E-state index in [1.807, 2.05) is 23.1 Å². The molecule has 1 aromatic heterocycles. The number of quaternary nitrogens is 1. The van der Waals surface area contributed by atoms with E-state index < -0.39 is 0 Å². The van der Waals surface area contributed by atoms with Crippen LogP contribution in [0.4, 0.5) is 5.13 Å². The van der Waals surface area contributed by atoms with Gasteiger partial charge in [0.1, 0.15) is 13.1 Å². The molecule has 0 bridgehead atoms. The van der Waals surface area contributed by atoms with Crippen molar-refractivity contribution >= 4 is 32.6 Å². The molecule has 0 unspecified atom stereocenters. The zero-order chi connectivity index (χ0) is 20.9. The number of carbonyl (C=O) groups is 1. The van der Waals surface area contributed by atoms with Crippen molar-refractivity contribution in [2.45, 2.75) is 26.7 Å². The minimum absolute atomic E-state index is 0.153. The molecular weight excluding hydrogens is 394 g/mol. The van der Waals surface area contributed by atoms with Gasteiger partial charge in [-0.3, -0.25) is 9.69 Å². The molecule has 6 heteroatoms. The Morgan fingerprint density at radius 3 is 2.67 bits per heavy atom. The average molecular weight is 425 g/mol. The zero-order valence-corrected chi connectivity index (χ0v) is 18.6. The second kappa shape index (κ2) is 9.69. The fraction of sp³-hybridized carbons (Fsp3) is 0.417. The van der Waals surface area contributed by atoms with Gasteiger partial charge >= 0.3 is 0 Å². The van der Waals surface area contributed by atoms with Crippen LogP contribution in [0.1, 0.15) is 23.1 Å². The van der Waals surface area contributed by atoms with E-state index in [1.54, 1.807) is 11.3 Å². The Hall–Kier alpha value is -2.28. The number of benzene rings is 2. The number of ether oxygens (including phenoxy) is 1. The van der Waals surface area contributed by atoms with Gasteiger partial charge in [0.15, 0.2) is 5.13 Å². The lowest BCUT2D eigenvalue weighted by molar-refractivity contribution is -0.906. The Morgan fingerprint density at radius 2 is 1.90 bits per heavy atom. The Kier molecular flexibility index (Phi) is 6.77. The van der Waals surface area contributed by atoms with Gasteiger partial charge in [0.2, 0.25) is 5.91 Å². The van der Waals surface area contributed by atoms with Gasteiger partial charge in [0.25, 0.3) is 0 Å². The Balaban J connectivity index is 1.54. The molecule has 30 heavy (non-hydrogen) atoms. The van der Waals surface area contributed by atoms with Crippen molar-refractivity contribution < 1.29 is 14.4 Å². The summed E-state index contributed by atoms with van der Waals surface area (Å²) in [5.74, 6) is 0.153. The van der Waals surface area contributed by atoms with Crippen molar-refractivity contribution in [2.24, 2.45) is 0 Å². The average Bonchev–Trinajstić information content (AvgIpc) is 3.21. The number of carbonyl (C=O) groups excluding carboxylic acids is 1. The third-order valence-corrected chi connectivity index (χ3v) is 7.01. The summed E-state index contributed by atoms with van der Waals surface area (Å²) in [7, 11) is 0. The predicted molar refractivity (Wildman–Crippen MR) is 123 cm³/mol. The third-order valence-electron chi connectivity index (χ3n) is 5.96. The number of nitrogens with zero attached hydrogens (tertiary/aromatic N) is 2. The molecule has 0 radical (unpaired) electrons. The van der Waals surface area contributed by atoms with Crippen molar-refractivity contribution in [1.29, 1.82) is 0 Å². The highest BCUT2D eigenvalue weighted by Crippen LogP contribution is 2.32. The Bertz CT molecular complexity index is 996. The molecule has 1 N–H and O–H groups in total. The minimum atomic E-state index is 0.153. The van der Waals surface area contributed by atoms with E-state index in [4.69, 9.17) is 9.72 Å². The Labute approximate surface area is 182 Å². The highest BCUT2D eigenvalue weighted by atomic mass is 32.1. The summed E-state index contributed by atoms with van der Waals surface area (Å²) in [6, 6.07) is 14.5. The zero-order valence-electron chi connectivity index (χ0n) is 17.8. The summed E-state index contributed by atoms with van der Waals surface area (Å²) in [5, 5.41) is 0.824. The molecule has 1 aliphatic rings. The van der Waals surface area contributed by atoms with E-state index in [1.165, 1.54) is 21.6 Å². The summed E-state index contributed by atoms with van der Waals surface area (Å²) in [6.45, 7) is 9.45. The number of hydrogen-bond donors (Lipinski definition) is 1. The van der Waals surface area contributed by atoms with Crippen molar-refractivity contribution in [3.63, 3.8) is 0 Å². The number of amides is 1. The van der Waals surface area contributed by atoms with Gasteiger partial charge in [-0.1, -0.05) is 47.7 Å². The molecule has 5 nitrogen and oxygen atoms in total. The second-order valence-corrected chi connectivity index (χ2v) is 9.00. The molecule has 0 saturated carbocycles. The molecule has 2 aromatic carbocycles. The van der Waals surface area contributed by atoms with E-state index in [2.05, 4.69) is 38.1 Å². The van der Waals surface area contributed by atoms with Crippen LogP contribution in [-0.4, -0.2) is 50.3 Å². The fourth-order valence-corrected chi connectivity index (χ4v) is 4.94. The van der Waals surface area contributed by atoms with Crippen molar-refractivity contribution in [3.8, 4) is 0 Å². The molecule has 1 amide bonds. The first-order valence-electron chi connectivity index (χ1n) is 10.7. The maximum atomic E-state index is 13.3. The number of thiazole rings is 1. The first-order valence-corrected chi connectivity index (χ1v) is 11.6. The van der Waals surface area contributed by atoms with E-state index in [-0.39, 0.29) is 5.91 Å². The SMILES string of the molecule is Cc1ccc2sc(N(CC[NH+]3CCOCC3)C(=O)CCc3ccccc3)nc2c1C. The van der Waals surface area contributed by atoms with Crippen molar-refractivity contribution in [2.75, 3.05) is 44.3 Å². The quantitative estimate of drug-likeness (QED) is 0.635. The molecule has 158 valence electrons. The van der Waals surface area contributed by atoms with Crippen molar-refractivity contribution in [3.05, 3.63) is 59.2 Å². The summed E-state index contributed by atoms with van der Waals surface area (Å²) < 4.78 is 6.62. The maximum Gasteiger partial charge on any atom is 0.229 e. The smallest absolute Gasteiger partial charge is 0.229 e. The topological polar surface area (TPSA) is 46.9 Å². The van der Waals surface area contributed by atoms with Crippen LogP contribution in [0.3, 0.4) is 0 Å². The Morgan fingerprint density at radius 1 is 1.13 bits per heavy atom. The van der Waals surface area contributed by atoms with Crippen molar-refractivity contribution in [1.82, 2.24) is 4.98 Å². The second-order valence-electron chi connectivity index (χ2n) is 7.99. The van der Waals surface area contributed by atoms with Gasteiger partial charge in [0.05, 0.1) is 36.5 Å². The summed E-state index contributed by atoms with van der Waals surface area (Å²) in [6.07, 6.45) is 1.25. The highest BCUT2D eigenvalue weighted by molar-refractivity contribution is 7.22. The number of morpholine rings is 1. The van der Waals surface area contributed by atoms with Gasteiger partial charge < -0.3 is 9.64 Å². The predicted octanol–water partition coefficient (Wildman–Crippen LogP) is 2.79. The van der Waals surface area contributed by atoms with Crippen LogP contribution in [0.2, 0.25) is 0 Å². The number of anilines is 1. The molecular formula is C24H30N3O2S+. The first kappa shape index (κ1) is 21.0. The molecule has 1 fully saturated rings. The van der Waals surface area contributed by atoms with Gasteiger partial charge in [-0.15, -0.1) is 0 Å². The third kappa shape index (κ3) is 4.89. The summed E-state index contributed by atoms with van der Waals surface area (Å²) in [5.41, 5.74) is 4.65. The maximum absolute atomic E-state index is 13.3. The van der Waals surface area contributed by atoms with Crippen LogP contribution in [0, 0.1) is 13.8 Å². The lowest BCUT2D eigenvalue weighted by Crippen LogP contribution is -3.14. The molecule has 2 heterocycles. The van der Waals surface area contributed by atoms with Gasteiger partial charge in [-0.05, 0) is 43.0 Å². The van der Waals surface area contributed by atoms with Gasteiger partial charge in [0, 0.05) is 6.42 Å². The molecule has 0 aliphatic carbocycles. The monoisotopic (exact) mass is 424 g/mol. The number of nitrogens with one attached hydrogen (secondary N) is 1. The first-order chi connectivity index (χ1) is 14.6. The largest absolute Gasteiger partial charge is 0.370 e. The van der Waals surface area contributed by atoms with E-state index in [9.17, 15) is 4.79 Å². The van der Waals surface area contributed by atoms with Crippen LogP contribution >= 0.6 is 11.3 Å². The van der Waals surface area contributed by atoms with Crippen LogP contribution in [0.25, 0.3) is 10.2 Å². The normalized spacial score (nSPS) is 14.9. The number of aromatic nitrogens is 1. The molecule has 1 saturated heterocycles. The fourth-order valence-electron chi connectivity index (χ4n) is 3.87. The highest BCUT2D eigenvalue weighted by Gasteiger charge is 2.23. The van der Waals surface area contributed by atoms with Crippen LogP contribution in [0.5, 0.6) is 0 Å². The van der Waals surface area contributed by atoms with E-state index in [0.29, 0.717) is 13.0 Å². The number of rotatable bonds is 7. The lowest BCUT2D eigenvalue weighted by atomic mass is 10.1. The molecule has 3 aromatic rings. The van der Waals surface area contributed by atoms with E-state index in [0.717, 1.165) is 54.6 Å². The van der Waals surface area contributed by atoms with Crippen LogP contribution in [0.15, 0.2) is 42.5 Å². The number of aryl methyl sites for hydroxylation is 3. The number of fused-ring (bicyclic) bond motifs is 1. The van der Waals surface area contributed by atoms with Crippen LogP contribution < -0.4 is 9.80 Å². The number of hydrogen-bond acceptors (Lipinski definition) is 4. The molecule has 0 spiro atoms. The van der Waals surface area contributed by atoms with Gasteiger partial charge in [-0.2, -0.15) is 0 Å². The summed E-state index contributed by atoms with van der Waals surface area (Å²) >= 11 is 1.62. The van der Waals surface area contributed by atoms with Gasteiger partial charge in [-0.25, -0.2) is 4.98 Å². The van der Waals surface area contributed by atoms with Crippen LogP contribution in [-0.2, 0) is 16.0 Å². The summed E-state index contributed by atoms with van der Waals surface area (Å²) in [4.78, 5) is 21.6. The molecule has 0 atom stereocenters.